The third-order valence-corrected chi connectivity index (χ3v) is 3.92. The van der Waals surface area contributed by atoms with Crippen LogP contribution in [0.5, 0.6) is 0 Å². The van der Waals surface area contributed by atoms with Crippen LogP contribution >= 0.6 is 15.9 Å². The van der Waals surface area contributed by atoms with E-state index in [1.54, 1.807) is 6.20 Å². The summed E-state index contributed by atoms with van der Waals surface area (Å²) in [6.07, 6.45) is 1.03. The SMILES string of the molecule is Cc1c(N)cnc(NCC(O)c2ccccc2)c1Br. The van der Waals surface area contributed by atoms with Crippen molar-refractivity contribution in [1.29, 1.82) is 0 Å². The number of aliphatic hydroxyl groups excluding tert-OH is 1. The van der Waals surface area contributed by atoms with Crippen molar-refractivity contribution in [2.24, 2.45) is 0 Å². The van der Waals surface area contributed by atoms with E-state index in [2.05, 4.69) is 26.2 Å². The number of rotatable bonds is 4. The molecule has 0 aliphatic heterocycles. The zero-order valence-electron chi connectivity index (χ0n) is 10.6. The van der Waals surface area contributed by atoms with Crippen molar-refractivity contribution < 1.29 is 5.11 Å². The van der Waals surface area contributed by atoms with Gasteiger partial charge in [0.05, 0.1) is 22.5 Å². The smallest absolute Gasteiger partial charge is 0.140 e. The fraction of sp³-hybridized carbons (Fsp3) is 0.214. The number of aromatic nitrogens is 1. The van der Waals surface area contributed by atoms with E-state index in [1.807, 2.05) is 37.3 Å². The second kappa shape index (κ2) is 6.04. The second-order valence-electron chi connectivity index (χ2n) is 4.31. The Morgan fingerprint density at radius 3 is 2.74 bits per heavy atom. The van der Waals surface area contributed by atoms with Gasteiger partial charge in [-0.25, -0.2) is 4.98 Å². The first kappa shape index (κ1) is 13.8. The lowest BCUT2D eigenvalue weighted by atomic mass is 10.1. The van der Waals surface area contributed by atoms with Gasteiger partial charge in [-0.3, -0.25) is 0 Å². The summed E-state index contributed by atoms with van der Waals surface area (Å²) in [4.78, 5) is 4.21. The number of aliphatic hydroxyl groups is 1. The molecule has 4 N–H and O–H groups in total. The molecule has 0 saturated carbocycles. The van der Waals surface area contributed by atoms with Gasteiger partial charge in [-0.15, -0.1) is 0 Å². The molecule has 0 aliphatic carbocycles. The van der Waals surface area contributed by atoms with Crippen molar-refractivity contribution in [3.8, 4) is 0 Å². The first-order valence-electron chi connectivity index (χ1n) is 5.97. The number of nitrogen functional groups attached to an aromatic ring is 1. The number of benzene rings is 1. The van der Waals surface area contributed by atoms with Crippen LogP contribution in [0.15, 0.2) is 41.0 Å². The molecule has 1 aromatic heterocycles. The number of anilines is 2. The average molecular weight is 322 g/mol. The minimum absolute atomic E-state index is 0.388. The van der Waals surface area contributed by atoms with Crippen molar-refractivity contribution in [1.82, 2.24) is 4.98 Å². The Morgan fingerprint density at radius 1 is 1.37 bits per heavy atom. The molecule has 0 spiro atoms. The Balaban J connectivity index is 2.05. The molecule has 0 bridgehead atoms. The maximum absolute atomic E-state index is 10.1. The number of nitrogens with one attached hydrogen (secondary N) is 1. The normalized spacial score (nSPS) is 12.2. The lowest BCUT2D eigenvalue weighted by molar-refractivity contribution is 0.191. The van der Waals surface area contributed by atoms with Crippen LogP contribution in [0.25, 0.3) is 0 Å². The minimum atomic E-state index is -0.576. The highest BCUT2D eigenvalue weighted by atomic mass is 79.9. The predicted octanol–water partition coefficient (Wildman–Crippen LogP) is 2.88. The zero-order chi connectivity index (χ0) is 13.8. The molecule has 4 nitrogen and oxygen atoms in total. The van der Waals surface area contributed by atoms with E-state index in [4.69, 9.17) is 5.73 Å². The Labute approximate surface area is 120 Å². The van der Waals surface area contributed by atoms with Gasteiger partial charge >= 0.3 is 0 Å². The molecule has 1 atom stereocenters. The summed E-state index contributed by atoms with van der Waals surface area (Å²) in [5.74, 6) is 0.682. The largest absolute Gasteiger partial charge is 0.397 e. The fourth-order valence-electron chi connectivity index (χ4n) is 1.70. The van der Waals surface area contributed by atoms with Crippen molar-refractivity contribution >= 4 is 27.4 Å². The number of pyridine rings is 1. The molecule has 0 amide bonds. The molecule has 0 fully saturated rings. The fourth-order valence-corrected chi connectivity index (χ4v) is 2.17. The Bertz CT molecular complexity index is 560. The van der Waals surface area contributed by atoms with Crippen molar-refractivity contribution in [2.45, 2.75) is 13.0 Å². The standard InChI is InChI=1S/C14H16BrN3O/c1-9-11(16)7-17-14(13(9)15)18-8-12(19)10-5-3-2-4-6-10/h2-7,12,19H,8,16H2,1H3,(H,17,18). The predicted molar refractivity (Wildman–Crippen MR) is 81.0 cm³/mol. The summed E-state index contributed by atoms with van der Waals surface area (Å²) in [5.41, 5.74) is 8.22. The highest BCUT2D eigenvalue weighted by Gasteiger charge is 2.10. The van der Waals surface area contributed by atoms with Crippen LogP contribution in [0.1, 0.15) is 17.2 Å². The molecule has 1 aromatic carbocycles. The second-order valence-corrected chi connectivity index (χ2v) is 5.10. The lowest BCUT2D eigenvalue weighted by Crippen LogP contribution is -2.13. The molecule has 1 heterocycles. The topological polar surface area (TPSA) is 71.2 Å². The van der Waals surface area contributed by atoms with Crippen LogP contribution in [0.2, 0.25) is 0 Å². The van der Waals surface area contributed by atoms with Gasteiger partial charge in [-0.2, -0.15) is 0 Å². The summed E-state index contributed by atoms with van der Waals surface area (Å²) in [7, 11) is 0. The van der Waals surface area contributed by atoms with E-state index < -0.39 is 6.10 Å². The molecule has 2 rings (SSSR count). The maximum Gasteiger partial charge on any atom is 0.140 e. The van der Waals surface area contributed by atoms with E-state index in [9.17, 15) is 5.11 Å². The molecule has 19 heavy (non-hydrogen) atoms. The molecular formula is C14H16BrN3O. The van der Waals surface area contributed by atoms with Gasteiger partial charge in [0.25, 0.3) is 0 Å². The highest BCUT2D eigenvalue weighted by Crippen LogP contribution is 2.28. The molecule has 2 aromatic rings. The summed E-state index contributed by atoms with van der Waals surface area (Å²) < 4.78 is 0.827. The monoisotopic (exact) mass is 321 g/mol. The van der Waals surface area contributed by atoms with E-state index in [0.717, 1.165) is 15.6 Å². The van der Waals surface area contributed by atoms with E-state index >= 15 is 0 Å². The van der Waals surface area contributed by atoms with Gasteiger partial charge in [0.2, 0.25) is 0 Å². The molecule has 0 saturated heterocycles. The Kier molecular flexibility index (Phi) is 4.39. The van der Waals surface area contributed by atoms with Gasteiger partial charge in [-0.1, -0.05) is 30.3 Å². The number of nitrogens with two attached hydrogens (primary N) is 1. The minimum Gasteiger partial charge on any atom is -0.397 e. The molecule has 0 aliphatic rings. The van der Waals surface area contributed by atoms with Crippen molar-refractivity contribution in [3.05, 3.63) is 52.1 Å². The van der Waals surface area contributed by atoms with E-state index in [0.29, 0.717) is 18.1 Å². The Morgan fingerprint density at radius 2 is 2.05 bits per heavy atom. The summed E-state index contributed by atoms with van der Waals surface area (Å²) in [6, 6.07) is 9.51. The molecule has 100 valence electrons. The first-order valence-corrected chi connectivity index (χ1v) is 6.76. The van der Waals surface area contributed by atoms with Gasteiger partial charge in [0.1, 0.15) is 5.82 Å². The average Bonchev–Trinajstić information content (AvgIpc) is 2.45. The summed E-state index contributed by atoms with van der Waals surface area (Å²) in [6.45, 7) is 2.30. The quantitative estimate of drug-likeness (QED) is 0.809. The van der Waals surface area contributed by atoms with Crippen LogP contribution < -0.4 is 11.1 Å². The lowest BCUT2D eigenvalue weighted by Gasteiger charge is -2.14. The van der Waals surface area contributed by atoms with Gasteiger partial charge in [0, 0.05) is 6.54 Å². The summed E-state index contributed by atoms with van der Waals surface area (Å²) in [5, 5.41) is 13.2. The van der Waals surface area contributed by atoms with Crippen molar-refractivity contribution in [2.75, 3.05) is 17.6 Å². The van der Waals surface area contributed by atoms with Gasteiger partial charge < -0.3 is 16.2 Å². The molecule has 0 radical (unpaired) electrons. The number of hydrogen-bond acceptors (Lipinski definition) is 4. The molecule has 1 unspecified atom stereocenters. The van der Waals surface area contributed by atoms with Crippen LogP contribution in [-0.2, 0) is 0 Å². The van der Waals surface area contributed by atoms with Crippen LogP contribution in [0.4, 0.5) is 11.5 Å². The highest BCUT2D eigenvalue weighted by molar-refractivity contribution is 9.10. The zero-order valence-corrected chi connectivity index (χ0v) is 12.2. The molecular weight excluding hydrogens is 306 g/mol. The van der Waals surface area contributed by atoms with Crippen LogP contribution in [0.3, 0.4) is 0 Å². The third kappa shape index (κ3) is 3.24. The molecule has 5 heteroatoms. The van der Waals surface area contributed by atoms with Crippen LogP contribution in [-0.4, -0.2) is 16.6 Å². The van der Waals surface area contributed by atoms with Crippen molar-refractivity contribution in [3.63, 3.8) is 0 Å². The summed E-state index contributed by atoms with van der Waals surface area (Å²) >= 11 is 3.45. The first-order chi connectivity index (χ1) is 9.09. The van der Waals surface area contributed by atoms with Gasteiger partial charge in [0.15, 0.2) is 0 Å². The Hall–Kier alpha value is -1.59. The van der Waals surface area contributed by atoms with Gasteiger partial charge in [-0.05, 0) is 34.0 Å². The number of halogens is 1. The third-order valence-electron chi connectivity index (χ3n) is 2.95. The maximum atomic E-state index is 10.1. The van der Waals surface area contributed by atoms with E-state index in [1.165, 1.54) is 0 Å². The number of hydrogen-bond donors (Lipinski definition) is 3. The van der Waals surface area contributed by atoms with E-state index in [-0.39, 0.29) is 0 Å². The number of nitrogens with zero attached hydrogens (tertiary/aromatic N) is 1. The van der Waals surface area contributed by atoms with Crippen LogP contribution in [0, 0.1) is 6.92 Å².